The molecule has 162 valence electrons. The summed E-state index contributed by atoms with van der Waals surface area (Å²) >= 11 is 0. The molecule has 3 aromatic rings. The Labute approximate surface area is 181 Å². The Morgan fingerprint density at radius 1 is 1.00 bits per heavy atom. The smallest absolute Gasteiger partial charge is 0.416 e. The van der Waals surface area contributed by atoms with Crippen molar-refractivity contribution in [2.45, 2.75) is 25.1 Å². The zero-order valence-electron chi connectivity index (χ0n) is 16.7. The number of ether oxygens (including phenoxy) is 1. The van der Waals surface area contributed by atoms with Crippen LogP contribution in [0.15, 0.2) is 72.3 Å². The minimum Gasteiger partial charge on any atom is -0.436 e. The lowest BCUT2D eigenvalue weighted by Gasteiger charge is -2.10. The molecule has 0 radical (unpaired) electrons. The first-order chi connectivity index (χ1) is 15.3. The Morgan fingerprint density at radius 2 is 1.78 bits per heavy atom. The van der Waals surface area contributed by atoms with Gasteiger partial charge >= 0.3 is 6.18 Å². The van der Waals surface area contributed by atoms with Crippen LogP contribution in [0.25, 0.3) is 22.4 Å². The molecule has 0 unspecified atom stereocenters. The van der Waals surface area contributed by atoms with Gasteiger partial charge in [-0.25, -0.2) is 4.39 Å². The Balaban J connectivity index is 1.60. The van der Waals surface area contributed by atoms with Gasteiger partial charge in [-0.15, -0.1) is 0 Å². The van der Waals surface area contributed by atoms with Crippen LogP contribution in [0.4, 0.5) is 17.6 Å². The third-order valence-corrected chi connectivity index (χ3v) is 5.47. The SMILES string of the molecule is O=C1C(c2cccc(C(F)(F)F)c2)=C(NC2CC2)O/C1=C/c1c(F)ccc2ccccc12. The van der Waals surface area contributed by atoms with Crippen LogP contribution in [-0.4, -0.2) is 11.8 Å². The number of carbonyl (C=O) groups excluding carboxylic acids is 1. The van der Waals surface area contributed by atoms with E-state index in [1.165, 1.54) is 24.3 Å². The summed E-state index contributed by atoms with van der Waals surface area (Å²) in [6.45, 7) is 0. The molecule has 3 aromatic carbocycles. The van der Waals surface area contributed by atoms with E-state index in [9.17, 15) is 22.4 Å². The van der Waals surface area contributed by atoms with E-state index < -0.39 is 23.3 Å². The average molecular weight is 439 g/mol. The van der Waals surface area contributed by atoms with E-state index in [4.69, 9.17) is 4.74 Å². The molecule has 1 fully saturated rings. The predicted octanol–water partition coefficient (Wildman–Crippen LogP) is 6.06. The molecular weight excluding hydrogens is 422 g/mol. The zero-order chi connectivity index (χ0) is 22.5. The molecule has 0 saturated heterocycles. The lowest BCUT2D eigenvalue weighted by Crippen LogP contribution is -2.16. The first kappa shape index (κ1) is 20.3. The molecule has 1 aliphatic heterocycles. The number of ketones is 1. The minimum atomic E-state index is -4.55. The molecule has 1 N–H and O–H groups in total. The fourth-order valence-corrected chi connectivity index (χ4v) is 3.70. The number of hydrogen-bond acceptors (Lipinski definition) is 3. The lowest BCUT2D eigenvalue weighted by atomic mass is 9.98. The highest BCUT2D eigenvalue weighted by Crippen LogP contribution is 2.38. The molecule has 0 bridgehead atoms. The van der Waals surface area contributed by atoms with Crippen molar-refractivity contribution in [3.8, 4) is 0 Å². The number of carbonyl (C=O) groups is 1. The van der Waals surface area contributed by atoms with Gasteiger partial charge in [-0.1, -0.05) is 42.5 Å². The number of nitrogens with one attached hydrogen (secondary N) is 1. The van der Waals surface area contributed by atoms with Crippen LogP contribution in [-0.2, 0) is 15.7 Å². The highest BCUT2D eigenvalue weighted by Gasteiger charge is 2.37. The number of alkyl halides is 3. The van der Waals surface area contributed by atoms with Crippen LogP contribution in [0.1, 0.15) is 29.5 Å². The maximum absolute atomic E-state index is 14.7. The second kappa shape index (κ2) is 7.51. The third kappa shape index (κ3) is 3.75. The van der Waals surface area contributed by atoms with Gasteiger partial charge in [-0.3, -0.25) is 4.79 Å². The molecule has 0 amide bonds. The topological polar surface area (TPSA) is 38.3 Å². The van der Waals surface area contributed by atoms with E-state index in [2.05, 4.69) is 5.32 Å². The second-order valence-electron chi connectivity index (χ2n) is 7.82. The van der Waals surface area contributed by atoms with Gasteiger partial charge < -0.3 is 10.1 Å². The fourth-order valence-electron chi connectivity index (χ4n) is 3.70. The van der Waals surface area contributed by atoms with Crippen LogP contribution < -0.4 is 5.32 Å². The molecule has 1 aliphatic carbocycles. The van der Waals surface area contributed by atoms with E-state index in [-0.39, 0.29) is 34.4 Å². The van der Waals surface area contributed by atoms with Gasteiger partial charge in [0.25, 0.3) is 0 Å². The van der Waals surface area contributed by atoms with Crippen molar-refractivity contribution in [1.82, 2.24) is 5.32 Å². The summed E-state index contributed by atoms with van der Waals surface area (Å²) in [7, 11) is 0. The molecule has 0 spiro atoms. The van der Waals surface area contributed by atoms with Crippen LogP contribution in [0, 0.1) is 5.82 Å². The summed E-state index contributed by atoms with van der Waals surface area (Å²) in [5.41, 5.74) is -0.578. The number of Topliss-reactive ketones (excluding diaryl/α,β-unsaturated/α-hetero) is 1. The van der Waals surface area contributed by atoms with E-state index in [0.29, 0.717) is 5.39 Å². The first-order valence-corrected chi connectivity index (χ1v) is 10.1. The first-order valence-electron chi connectivity index (χ1n) is 10.1. The Bertz CT molecular complexity index is 1300. The van der Waals surface area contributed by atoms with Crippen molar-refractivity contribution in [2.24, 2.45) is 0 Å². The van der Waals surface area contributed by atoms with Crippen molar-refractivity contribution >= 4 is 28.2 Å². The molecule has 2 aliphatic rings. The largest absolute Gasteiger partial charge is 0.436 e. The summed E-state index contributed by atoms with van der Waals surface area (Å²) < 4.78 is 60.1. The van der Waals surface area contributed by atoms with Crippen molar-refractivity contribution < 1.29 is 27.1 Å². The van der Waals surface area contributed by atoms with Gasteiger partial charge in [0.15, 0.2) is 5.76 Å². The van der Waals surface area contributed by atoms with E-state index in [1.807, 2.05) is 12.1 Å². The summed E-state index contributed by atoms with van der Waals surface area (Å²) in [4.78, 5) is 13.2. The van der Waals surface area contributed by atoms with Crippen molar-refractivity contribution in [1.29, 1.82) is 0 Å². The van der Waals surface area contributed by atoms with Gasteiger partial charge in [-0.05, 0) is 53.5 Å². The number of allylic oxidation sites excluding steroid dienone is 1. The summed E-state index contributed by atoms with van der Waals surface area (Å²) in [5, 5.41) is 4.46. The van der Waals surface area contributed by atoms with E-state index in [0.717, 1.165) is 30.4 Å². The van der Waals surface area contributed by atoms with Crippen molar-refractivity contribution in [3.05, 3.63) is 94.8 Å². The zero-order valence-corrected chi connectivity index (χ0v) is 16.7. The predicted molar refractivity (Wildman–Crippen MR) is 112 cm³/mol. The lowest BCUT2D eigenvalue weighted by molar-refractivity contribution is -0.137. The maximum Gasteiger partial charge on any atom is 0.416 e. The van der Waals surface area contributed by atoms with Crippen LogP contribution in [0.5, 0.6) is 0 Å². The number of benzene rings is 3. The Kier molecular flexibility index (Phi) is 4.77. The van der Waals surface area contributed by atoms with Crippen molar-refractivity contribution in [3.63, 3.8) is 0 Å². The number of halogens is 4. The van der Waals surface area contributed by atoms with Crippen LogP contribution in [0.3, 0.4) is 0 Å². The summed E-state index contributed by atoms with van der Waals surface area (Å²) in [5.74, 6) is -1.17. The molecule has 1 saturated carbocycles. The second-order valence-corrected chi connectivity index (χ2v) is 7.82. The van der Waals surface area contributed by atoms with Gasteiger partial charge in [0, 0.05) is 11.6 Å². The van der Waals surface area contributed by atoms with Gasteiger partial charge in [0.05, 0.1) is 11.1 Å². The molecule has 7 heteroatoms. The molecule has 1 heterocycles. The number of fused-ring (bicyclic) bond motifs is 1. The molecule has 5 rings (SSSR count). The number of hydrogen-bond donors (Lipinski definition) is 1. The Morgan fingerprint density at radius 3 is 2.53 bits per heavy atom. The van der Waals surface area contributed by atoms with Gasteiger partial charge in [0.2, 0.25) is 11.7 Å². The highest BCUT2D eigenvalue weighted by atomic mass is 19.4. The normalized spacial score (nSPS) is 17.9. The van der Waals surface area contributed by atoms with Crippen molar-refractivity contribution in [2.75, 3.05) is 0 Å². The third-order valence-electron chi connectivity index (χ3n) is 5.47. The maximum atomic E-state index is 14.7. The average Bonchev–Trinajstić information content (AvgIpc) is 3.53. The van der Waals surface area contributed by atoms with Gasteiger partial charge in [-0.2, -0.15) is 13.2 Å². The van der Waals surface area contributed by atoms with E-state index >= 15 is 0 Å². The van der Waals surface area contributed by atoms with E-state index in [1.54, 1.807) is 18.2 Å². The van der Waals surface area contributed by atoms with Gasteiger partial charge in [0.1, 0.15) is 5.82 Å². The summed E-state index contributed by atoms with van der Waals surface area (Å²) in [6.07, 6.45) is -1.50. The Hall–Kier alpha value is -3.61. The van der Waals surface area contributed by atoms with Crippen LogP contribution in [0.2, 0.25) is 0 Å². The highest BCUT2D eigenvalue weighted by molar-refractivity contribution is 6.31. The molecular formula is C25H17F4NO2. The molecule has 32 heavy (non-hydrogen) atoms. The monoisotopic (exact) mass is 439 g/mol. The number of rotatable bonds is 4. The molecule has 3 nitrogen and oxygen atoms in total. The standard InChI is InChI=1S/C25H17F4NO2/c26-20-11-8-14-4-1-2-7-18(14)19(20)13-21-23(31)22(24(32-21)30-17-9-10-17)15-5-3-6-16(12-15)25(27,28)29/h1-8,11-13,17,30H,9-10H2/b21-13+. The summed E-state index contributed by atoms with van der Waals surface area (Å²) in [6, 6.07) is 14.7. The fraction of sp³-hybridized carbons (Fsp3) is 0.160. The minimum absolute atomic E-state index is 0.00916. The quantitative estimate of drug-likeness (QED) is 0.397. The van der Waals surface area contributed by atoms with Crippen LogP contribution >= 0.6 is 0 Å². The molecule has 0 atom stereocenters. The molecule has 0 aromatic heterocycles.